The zero-order chi connectivity index (χ0) is 25.7. The maximum atomic E-state index is 6.10. The molecular weight excluding hydrogens is 456 g/mol. The summed E-state index contributed by atoms with van der Waals surface area (Å²) in [6.07, 6.45) is 0. The van der Waals surface area contributed by atoms with E-state index < -0.39 is 0 Å². The van der Waals surface area contributed by atoms with E-state index in [1.54, 1.807) is 21.3 Å². The Hall–Kier alpha value is -3.06. The third kappa shape index (κ3) is 5.51. The van der Waals surface area contributed by atoms with Crippen LogP contribution < -0.4 is 14.2 Å². The van der Waals surface area contributed by atoms with E-state index in [0.29, 0.717) is 39.6 Å². The molecule has 1 heterocycles. The fraction of sp³-hybridized carbons (Fsp3) is 0.400. The lowest BCUT2D eigenvalue weighted by molar-refractivity contribution is 0.00653. The van der Waals surface area contributed by atoms with Gasteiger partial charge in [0, 0.05) is 33.4 Å². The van der Waals surface area contributed by atoms with Gasteiger partial charge in [-0.15, -0.1) is 0 Å². The van der Waals surface area contributed by atoms with Gasteiger partial charge in [-0.2, -0.15) is 0 Å². The summed E-state index contributed by atoms with van der Waals surface area (Å²) < 4.78 is 35.6. The second-order valence-corrected chi connectivity index (χ2v) is 9.12. The quantitative estimate of drug-likeness (QED) is 0.445. The standard InChI is InChI=1S/C30H36O6/c1-19-11-22-17-35-9-7-34-8-10-36-18-23-12-20(2)14-25(29(23)32-5)27-16-21(3)15-26(30(27)33-6)24(13-19)28(22)31-4/h11-16H,7-10,17-18H2,1-6H3. The van der Waals surface area contributed by atoms with Gasteiger partial charge in [0.1, 0.15) is 17.2 Å². The molecule has 0 saturated heterocycles. The fourth-order valence-electron chi connectivity index (χ4n) is 4.89. The van der Waals surface area contributed by atoms with Gasteiger partial charge in [0.15, 0.2) is 0 Å². The van der Waals surface area contributed by atoms with Crippen LogP contribution in [-0.2, 0) is 27.4 Å². The van der Waals surface area contributed by atoms with E-state index in [1.165, 1.54) is 0 Å². The van der Waals surface area contributed by atoms with Crippen LogP contribution in [-0.4, -0.2) is 47.8 Å². The van der Waals surface area contributed by atoms with Crippen molar-refractivity contribution >= 4 is 0 Å². The summed E-state index contributed by atoms with van der Waals surface area (Å²) in [6, 6.07) is 12.8. The van der Waals surface area contributed by atoms with E-state index in [9.17, 15) is 0 Å². The molecule has 3 aromatic carbocycles. The first kappa shape index (κ1) is 26.0. The maximum Gasteiger partial charge on any atom is 0.134 e. The molecular formula is C30H36O6. The van der Waals surface area contributed by atoms with Crippen LogP contribution in [0.25, 0.3) is 22.3 Å². The lowest BCUT2D eigenvalue weighted by atomic mass is 9.90. The first-order chi connectivity index (χ1) is 17.5. The molecule has 0 amide bonds. The Kier molecular flexibility index (Phi) is 8.52. The summed E-state index contributed by atoms with van der Waals surface area (Å²) in [5.41, 5.74) is 9.15. The van der Waals surface area contributed by atoms with Crippen molar-refractivity contribution < 1.29 is 28.4 Å². The average Bonchev–Trinajstić information content (AvgIpc) is 2.86. The zero-order valence-electron chi connectivity index (χ0n) is 22.2. The Morgan fingerprint density at radius 2 is 0.806 bits per heavy atom. The van der Waals surface area contributed by atoms with E-state index in [-0.39, 0.29) is 0 Å². The van der Waals surface area contributed by atoms with Gasteiger partial charge in [-0.1, -0.05) is 12.1 Å². The number of rotatable bonds is 3. The Labute approximate surface area is 214 Å². The van der Waals surface area contributed by atoms with Crippen LogP contribution in [0.3, 0.4) is 0 Å². The second-order valence-electron chi connectivity index (χ2n) is 9.12. The van der Waals surface area contributed by atoms with E-state index >= 15 is 0 Å². The summed E-state index contributed by atoms with van der Waals surface area (Å²) in [7, 11) is 5.11. The Morgan fingerprint density at radius 1 is 0.472 bits per heavy atom. The minimum atomic E-state index is 0.424. The van der Waals surface area contributed by atoms with Crippen LogP contribution >= 0.6 is 0 Å². The third-order valence-corrected chi connectivity index (χ3v) is 6.31. The van der Waals surface area contributed by atoms with Gasteiger partial charge in [-0.05, 0) is 61.7 Å². The molecule has 1 aliphatic rings. The largest absolute Gasteiger partial charge is 0.496 e. The number of fused-ring (bicyclic) bond motifs is 8. The van der Waals surface area contributed by atoms with Crippen molar-refractivity contribution in [3.63, 3.8) is 0 Å². The van der Waals surface area contributed by atoms with Crippen LogP contribution in [0.2, 0.25) is 0 Å². The van der Waals surface area contributed by atoms with Crippen LogP contribution in [0.15, 0.2) is 36.4 Å². The molecule has 0 N–H and O–H groups in total. The Morgan fingerprint density at radius 3 is 1.19 bits per heavy atom. The lowest BCUT2D eigenvalue weighted by Gasteiger charge is -2.22. The van der Waals surface area contributed by atoms with E-state index in [4.69, 9.17) is 28.4 Å². The van der Waals surface area contributed by atoms with Gasteiger partial charge in [-0.3, -0.25) is 0 Å². The fourth-order valence-corrected chi connectivity index (χ4v) is 4.89. The van der Waals surface area contributed by atoms with Gasteiger partial charge in [0.05, 0.1) is 61.0 Å². The number of aryl methyl sites for hydroxylation is 3. The average molecular weight is 493 g/mol. The summed E-state index contributed by atoms with van der Waals surface area (Å²) in [6.45, 7) is 9.08. The molecule has 1 aliphatic heterocycles. The van der Waals surface area contributed by atoms with E-state index in [1.807, 2.05) is 0 Å². The van der Waals surface area contributed by atoms with Gasteiger partial charge in [0.25, 0.3) is 0 Å². The molecule has 0 fully saturated rings. The van der Waals surface area contributed by atoms with Crippen LogP contribution in [0.5, 0.6) is 17.2 Å². The SMILES string of the molecule is COc1c2cc(C)cc1-c1cc(C)cc(c1OC)-c1cc(C)cc(c1OC)COCCOCCOC2. The molecule has 6 nitrogen and oxygen atoms in total. The summed E-state index contributed by atoms with van der Waals surface area (Å²) in [5, 5.41) is 0. The van der Waals surface area contributed by atoms with E-state index in [2.05, 4.69) is 57.2 Å². The lowest BCUT2D eigenvalue weighted by Crippen LogP contribution is -2.10. The predicted octanol–water partition coefficient (Wildman–Crippen LogP) is 6.04. The van der Waals surface area contributed by atoms with Crippen LogP contribution in [0.4, 0.5) is 0 Å². The monoisotopic (exact) mass is 492 g/mol. The molecule has 0 atom stereocenters. The molecule has 6 bridgehead atoms. The van der Waals surface area contributed by atoms with Crippen molar-refractivity contribution in [3.8, 4) is 39.5 Å². The first-order valence-corrected chi connectivity index (χ1v) is 12.2. The molecule has 192 valence electrons. The van der Waals surface area contributed by atoms with Gasteiger partial charge >= 0.3 is 0 Å². The van der Waals surface area contributed by atoms with E-state index in [0.717, 1.165) is 67.3 Å². The van der Waals surface area contributed by atoms with Crippen molar-refractivity contribution in [2.24, 2.45) is 0 Å². The predicted molar refractivity (Wildman–Crippen MR) is 141 cm³/mol. The Balaban J connectivity index is 2.00. The number of hydrogen-bond donors (Lipinski definition) is 0. The third-order valence-electron chi connectivity index (χ3n) is 6.31. The molecule has 0 spiro atoms. The number of ether oxygens (including phenoxy) is 6. The smallest absolute Gasteiger partial charge is 0.134 e. The summed E-state index contributed by atoms with van der Waals surface area (Å²) in [4.78, 5) is 0. The minimum absolute atomic E-state index is 0.424. The molecule has 0 radical (unpaired) electrons. The highest BCUT2D eigenvalue weighted by Gasteiger charge is 2.23. The molecule has 0 aliphatic carbocycles. The minimum Gasteiger partial charge on any atom is -0.496 e. The van der Waals surface area contributed by atoms with Gasteiger partial charge < -0.3 is 28.4 Å². The normalized spacial score (nSPS) is 14.5. The Bertz CT molecular complexity index is 1130. The highest BCUT2D eigenvalue weighted by Crippen LogP contribution is 2.47. The summed E-state index contributed by atoms with van der Waals surface area (Å²) >= 11 is 0. The summed E-state index contributed by atoms with van der Waals surface area (Å²) in [5.74, 6) is 2.33. The molecule has 0 saturated carbocycles. The highest BCUT2D eigenvalue weighted by molar-refractivity contribution is 5.88. The second kappa shape index (κ2) is 11.8. The number of methoxy groups -OCH3 is 3. The molecule has 36 heavy (non-hydrogen) atoms. The van der Waals surface area contributed by atoms with Crippen LogP contribution in [0, 0.1) is 20.8 Å². The van der Waals surface area contributed by atoms with Crippen molar-refractivity contribution in [2.75, 3.05) is 47.8 Å². The van der Waals surface area contributed by atoms with Crippen LogP contribution in [0.1, 0.15) is 27.8 Å². The number of hydrogen-bond acceptors (Lipinski definition) is 6. The molecule has 0 unspecified atom stereocenters. The molecule has 6 heteroatoms. The molecule has 0 aromatic heterocycles. The first-order valence-electron chi connectivity index (χ1n) is 12.2. The molecule has 4 rings (SSSR count). The zero-order valence-corrected chi connectivity index (χ0v) is 22.2. The van der Waals surface area contributed by atoms with Crippen molar-refractivity contribution in [1.29, 1.82) is 0 Å². The van der Waals surface area contributed by atoms with Crippen molar-refractivity contribution in [1.82, 2.24) is 0 Å². The highest BCUT2D eigenvalue weighted by atomic mass is 16.5. The molecule has 3 aromatic rings. The topological polar surface area (TPSA) is 55.4 Å². The van der Waals surface area contributed by atoms with Gasteiger partial charge in [0.2, 0.25) is 0 Å². The number of benzene rings is 3. The maximum absolute atomic E-state index is 6.10. The van der Waals surface area contributed by atoms with Crippen molar-refractivity contribution in [2.45, 2.75) is 34.0 Å². The van der Waals surface area contributed by atoms with Crippen molar-refractivity contribution in [3.05, 3.63) is 64.2 Å². The van der Waals surface area contributed by atoms with Gasteiger partial charge in [-0.25, -0.2) is 0 Å².